The summed E-state index contributed by atoms with van der Waals surface area (Å²) in [5.74, 6) is 0.239. The number of H-pyrrole nitrogens is 1. The predicted octanol–water partition coefficient (Wildman–Crippen LogP) is 2.33. The van der Waals surface area contributed by atoms with E-state index in [1.165, 1.54) is 18.2 Å². The second-order valence-electron chi connectivity index (χ2n) is 6.20. The van der Waals surface area contributed by atoms with Gasteiger partial charge in [-0.25, -0.2) is 0 Å². The van der Waals surface area contributed by atoms with E-state index in [-0.39, 0.29) is 16.9 Å². The van der Waals surface area contributed by atoms with Crippen molar-refractivity contribution in [3.63, 3.8) is 0 Å². The topological polar surface area (TPSA) is 80.2 Å². The summed E-state index contributed by atoms with van der Waals surface area (Å²) in [7, 11) is 3.22. The van der Waals surface area contributed by atoms with Crippen LogP contribution in [0.5, 0.6) is 5.75 Å². The summed E-state index contributed by atoms with van der Waals surface area (Å²) in [5, 5.41) is 4.82. The summed E-state index contributed by atoms with van der Waals surface area (Å²) < 4.78 is 7.00. The lowest BCUT2D eigenvalue weighted by atomic mass is 10.1. The van der Waals surface area contributed by atoms with Crippen molar-refractivity contribution in [3.8, 4) is 5.75 Å². The fraction of sp³-hybridized carbons (Fsp3) is 0.316. The Kier molecular flexibility index (Phi) is 4.79. The number of aryl methyl sites for hydroxylation is 2. The average Bonchev–Trinajstić information content (AvgIpc) is 3.01. The number of amides is 1. The highest BCUT2D eigenvalue weighted by Gasteiger charge is 2.19. The van der Waals surface area contributed by atoms with E-state index in [0.717, 1.165) is 17.8 Å². The molecule has 0 unspecified atom stereocenters. The van der Waals surface area contributed by atoms with Gasteiger partial charge in [-0.3, -0.25) is 14.3 Å². The molecule has 1 N–H and O–H groups in total. The molecule has 0 radical (unpaired) electrons. The standard InChI is InChI=1S/C19H22N4O3/c1-5-23-11-13(12(2)21-23)10-22(3)19(25)16-9-20-17-7-6-14(26-4)8-15(17)18(16)24/h6-9,11H,5,10H2,1-4H3,(H,20,24). The van der Waals surface area contributed by atoms with Gasteiger partial charge in [-0.2, -0.15) is 5.10 Å². The maximum atomic E-state index is 12.8. The minimum Gasteiger partial charge on any atom is -0.497 e. The van der Waals surface area contributed by atoms with Crippen molar-refractivity contribution in [2.75, 3.05) is 14.2 Å². The minimum absolute atomic E-state index is 0.105. The monoisotopic (exact) mass is 354 g/mol. The molecule has 0 atom stereocenters. The first-order valence-electron chi connectivity index (χ1n) is 8.42. The summed E-state index contributed by atoms with van der Waals surface area (Å²) in [5.41, 5.74) is 2.30. The Labute approximate surface area is 151 Å². The zero-order valence-corrected chi connectivity index (χ0v) is 15.4. The van der Waals surface area contributed by atoms with E-state index in [1.54, 1.807) is 25.2 Å². The molecular weight excluding hydrogens is 332 g/mol. The van der Waals surface area contributed by atoms with Gasteiger partial charge in [-0.1, -0.05) is 0 Å². The molecule has 3 aromatic rings. The first-order valence-corrected chi connectivity index (χ1v) is 8.42. The normalized spacial score (nSPS) is 10.9. The number of methoxy groups -OCH3 is 1. The van der Waals surface area contributed by atoms with Crippen LogP contribution in [0, 0.1) is 6.92 Å². The summed E-state index contributed by atoms with van der Waals surface area (Å²) in [6, 6.07) is 5.16. The van der Waals surface area contributed by atoms with E-state index < -0.39 is 0 Å². The number of pyridine rings is 1. The van der Waals surface area contributed by atoms with Gasteiger partial charge in [0.2, 0.25) is 5.43 Å². The van der Waals surface area contributed by atoms with Crippen LogP contribution in [-0.2, 0) is 13.1 Å². The molecule has 2 aromatic heterocycles. The maximum Gasteiger partial charge on any atom is 0.259 e. The highest BCUT2D eigenvalue weighted by atomic mass is 16.5. The quantitative estimate of drug-likeness (QED) is 0.763. The second kappa shape index (κ2) is 7.03. The Bertz CT molecular complexity index is 1020. The molecule has 3 rings (SSSR count). The lowest BCUT2D eigenvalue weighted by Gasteiger charge is -2.16. The second-order valence-corrected chi connectivity index (χ2v) is 6.20. The van der Waals surface area contributed by atoms with Gasteiger partial charge in [-0.15, -0.1) is 0 Å². The highest BCUT2D eigenvalue weighted by Crippen LogP contribution is 2.17. The zero-order chi connectivity index (χ0) is 18.8. The van der Waals surface area contributed by atoms with Crippen LogP contribution in [0.25, 0.3) is 10.9 Å². The fourth-order valence-electron chi connectivity index (χ4n) is 2.89. The summed E-state index contributed by atoms with van der Waals surface area (Å²) >= 11 is 0. The molecule has 1 amide bonds. The molecule has 0 saturated carbocycles. The largest absolute Gasteiger partial charge is 0.497 e. The molecule has 26 heavy (non-hydrogen) atoms. The number of nitrogens with one attached hydrogen (secondary N) is 1. The molecule has 7 nitrogen and oxygen atoms in total. The Morgan fingerprint density at radius 2 is 2.15 bits per heavy atom. The number of carbonyl (C=O) groups is 1. The molecule has 0 fully saturated rings. The highest BCUT2D eigenvalue weighted by molar-refractivity contribution is 5.97. The molecule has 2 heterocycles. The SMILES string of the molecule is CCn1cc(CN(C)C(=O)c2c[nH]c3ccc(OC)cc3c2=O)c(C)n1. The van der Waals surface area contributed by atoms with Crippen LogP contribution in [0.3, 0.4) is 0 Å². The van der Waals surface area contributed by atoms with Gasteiger partial charge < -0.3 is 14.6 Å². The number of carbonyl (C=O) groups excluding carboxylic acids is 1. The lowest BCUT2D eigenvalue weighted by molar-refractivity contribution is 0.0783. The Balaban J connectivity index is 1.92. The molecule has 7 heteroatoms. The van der Waals surface area contributed by atoms with Gasteiger partial charge in [0, 0.05) is 49.0 Å². The third-order valence-corrected chi connectivity index (χ3v) is 4.44. The average molecular weight is 354 g/mol. The predicted molar refractivity (Wildman–Crippen MR) is 99.6 cm³/mol. The van der Waals surface area contributed by atoms with Gasteiger partial charge in [0.25, 0.3) is 5.91 Å². The molecule has 1 aromatic carbocycles. The van der Waals surface area contributed by atoms with E-state index in [2.05, 4.69) is 10.1 Å². The number of hydrogen-bond donors (Lipinski definition) is 1. The molecule has 136 valence electrons. The van der Waals surface area contributed by atoms with Crippen LogP contribution in [0.15, 0.2) is 35.4 Å². The number of hydrogen-bond acceptors (Lipinski definition) is 4. The smallest absolute Gasteiger partial charge is 0.259 e. The number of benzene rings is 1. The van der Waals surface area contributed by atoms with E-state index in [4.69, 9.17) is 4.74 Å². The lowest BCUT2D eigenvalue weighted by Crippen LogP contribution is -2.30. The van der Waals surface area contributed by atoms with Crippen molar-refractivity contribution in [1.82, 2.24) is 19.7 Å². The van der Waals surface area contributed by atoms with Gasteiger partial charge in [0.05, 0.1) is 12.8 Å². The number of aromatic nitrogens is 3. The van der Waals surface area contributed by atoms with Crippen molar-refractivity contribution < 1.29 is 9.53 Å². The number of fused-ring (bicyclic) bond motifs is 1. The van der Waals surface area contributed by atoms with Crippen LogP contribution in [0.1, 0.15) is 28.5 Å². The van der Waals surface area contributed by atoms with Crippen LogP contribution >= 0.6 is 0 Å². The maximum absolute atomic E-state index is 12.8. The van der Waals surface area contributed by atoms with E-state index in [1.807, 2.05) is 24.7 Å². The number of ether oxygens (including phenoxy) is 1. The zero-order valence-electron chi connectivity index (χ0n) is 15.4. The van der Waals surface area contributed by atoms with E-state index in [9.17, 15) is 9.59 Å². The van der Waals surface area contributed by atoms with Gasteiger partial charge in [0.1, 0.15) is 11.3 Å². The van der Waals surface area contributed by atoms with E-state index >= 15 is 0 Å². The Morgan fingerprint density at radius 3 is 2.81 bits per heavy atom. The number of rotatable bonds is 5. The van der Waals surface area contributed by atoms with Crippen LogP contribution in [-0.4, -0.2) is 39.7 Å². The van der Waals surface area contributed by atoms with Gasteiger partial charge in [-0.05, 0) is 32.0 Å². The van der Waals surface area contributed by atoms with Crippen LogP contribution in [0.2, 0.25) is 0 Å². The van der Waals surface area contributed by atoms with E-state index in [0.29, 0.717) is 23.2 Å². The number of aromatic amines is 1. The van der Waals surface area contributed by atoms with Crippen molar-refractivity contribution in [2.24, 2.45) is 0 Å². The fourth-order valence-corrected chi connectivity index (χ4v) is 2.89. The third-order valence-electron chi connectivity index (χ3n) is 4.44. The van der Waals surface area contributed by atoms with Crippen molar-refractivity contribution in [2.45, 2.75) is 26.9 Å². The molecule has 0 spiro atoms. The van der Waals surface area contributed by atoms with Gasteiger partial charge >= 0.3 is 0 Å². The Morgan fingerprint density at radius 1 is 1.38 bits per heavy atom. The first-order chi connectivity index (χ1) is 12.4. The third kappa shape index (κ3) is 3.20. The summed E-state index contributed by atoms with van der Waals surface area (Å²) in [4.78, 5) is 30.1. The molecule has 0 bridgehead atoms. The van der Waals surface area contributed by atoms with Crippen LogP contribution < -0.4 is 10.2 Å². The summed E-state index contributed by atoms with van der Waals surface area (Å²) in [6.07, 6.45) is 3.40. The summed E-state index contributed by atoms with van der Waals surface area (Å²) in [6.45, 7) is 5.08. The van der Waals surface area contributed by atoms with Crippen molar-refractivity contribution >= 4 is 16.8 Å². The Hall–Kier alpha value is -3.09. The van der Waals surface area contributed by atoms with Gasteiger partial charge in [0.15, 0.2) is 0 Å². The number of nitrogens with zero attached hydrogens (tertiary/aromatic N) is 3. The molecule has 0 aliphatic carbocycles. The van der Waals surface area contributed by atoms with Crippen LogP contribution in [0.4, 0.5) is 0 Å². The molecule has 0 saturated heterocycles. The van der Waals surface area contributed by atoms with Crippen molar-refractivity contribution in [3.05, 3.63) is 57.6 Å². The molecule has 0 aliphatic rings. The first kappa shape index (κ1) is 17.7. The molecule has 0 aliphatic heterocycles. The molecular formula is C19H22N4O3. The van der Waals surface area contributed by atoms with Crippen molar-refractivity contribution in [1.29, 1.82) is 0 Å². The minimum atomic E-state index is -0.334.